The van der Waals surface area contributed by atoms with Crippen LogP contribution in [0, 0.1) is 5.92 Å². The number of aliphatic carboxylic acids is 1. The first kappa shape index (κ1) is 9.65. The summed E-state index contributed by atoms with van der Waals surface area (Å²) in [6.07, 6.45) is 2.01. The third-order valence-electron chi connectivity index (χ3n) is 2.41. The maximum absolute atomic E-state index is 11.0. The second-order valence-corrected chi connectivity index (χ2v) is 4.35. The third-order valence-corrected chi connectivity index (χ3v) is 2.86. The van der Waals surface area contributed by atoms with E-state index in [-0.39, 0.29) is 5.92 Å². The van der Waals surface area contributed by atoms with Crippen molar-refractivity contribution in [2.45, 2.75) is 18.8 Å². The van der Waals surface area contributed by atoms with Gasteiger partial charge in [-0.15, -0.1) is 0 Å². The van der Waals surface area contributed by atoms with E-state index in [0.29, 0.717) is 10.3 Å². The lowest BCUT2D eigenvalue weighted by molar-refractivity contribution is -0.139. The molecule has 14 heavy (non-hydrogen) atoms. The number of hydrogen-bond acceptors (Lipinski definition) is 2. The predicted octanol–water partition coefficient (Wildman–Crippen LogP) is 2.42. The van der Waals surface area contributed by atoms with Crippen molar-refractivity contribution in [3.8, 4) is 0 Å². The zero-order valence-corrected chi connectivity index (χ0v) is 9.07. The second kappa shape index (κ2) is 3.69. The third kappa shape index (κ3) is 1.95. The summed E-state index contributed by atoms with van der Waals surface area (Å²) in [6.45, 7) is 0. The van der Waals surface area contributed by atoms with Crippen LogP contribution in [0.5, 0.6) is 0 Å². The molecule has 0 aliphatic heterocycles. The normalized spacial score (nSPS) is 17.8. The van der Waals surface area contributed by atoms with E-state index >= 15 is 0 Å². The summed E-state index contributed by atoms with van der Waals surface area (Å²) in [4.78, 5) is 15.2. The van der Waals surface area contributed by atoms with E-state index in [1.807, 2.05) is 6.07 Å². The Labute approximate surface area is 90.3 Å². The van der Waals surface area contributed by atoms with Crippen LogP contribution < -0.4 is 0 Å². The second-order valence-electron chi connectivity index (χ2n) is 3.54. The smallest absolute Gasteiger partial charge is 0.312 e. The number of carbonyl (C=O) groups is 1. The molecule has 1 aromatic rings. The van der Waals surface area contributed by atoms with Gasteiger partial charge in [-0.05, 0) is 46.8 Å². The van der Waals surface area contributed by atoms with E-state index in [4.69, 9.17) is 5.11 Å². The zero-order valence-electron chi connectivity index (χ0n) is 7.48. The predicted molar refractivity (Wildman–Crippen MR) is 55.0 cm³/mol. The number of rotatable bonds is 3. The molecular weight excluding hydrogens is 246 g/mol. The van der Waals surface area contributed by atoms with Crippen molar-refractivity contribution in [3.05, 3.63) is 28.5 Å². The van der Waals surface area contributed by atoms with Gasteiger partial charge in [-0.1, -0.05) is 6.07 Å². The highest BCUT2D eigenvalue weighted by atomic mass is 79.9. The molecule has 0 saturated heterocycles. The Morgan fingerprint density at radius 1 is 1.57 bits per heavy atom. The average molecular weight is 256 g/mol. The molecule has 0 amide bonds. The number of carboxylic acid groups (broad SMARTS) is 1. The molecule has 3 nitrogen and oxygen atoms in total. The van der Waals surface area contributed by atoms with E-state index in [2.05, 4.69) is 20.9 Å². The van der Waals surface area contributed by atoms with Gasteiger partial charge in [-0.2, -0.15) is 0 Å². The maximum atomic E-state index is 11.0. The molecule has 0 aromatic carbocycles. The SMILES string of the molecule is O=C(O)C(c1cccc(Br)n1)C1CC1. The highest BCUT2D eigenvalue weighted by Gasteiger charge is 2.38. The highest BCUT2D eigenvalue weighted by Crippen LogP contribution is 2.42. The van der Waals surface area contributed by atoms with Gasteiger partial charge in [0.2, 0.25) is 0 Å². The molecule has 1 aliphatic carbocycles. The van der Waals surface area contributed by atoms with Crippen LogP contribution in [0.25, 0.3) is 0 Å². The number of carboxylic acids is 1. The summed E-state index contributed by atoms with van der Waals surface area (Å²) in [6, 6.07) is 5.40. The van der Waals surface area contributed by atoms with Gasteiger partial charge in [-0.25, -0.2) is 4.98 Å². The Morgan fingerprint density at radius 2 is 2.29 bits per heavy atom. The van der Waals surface area contributed by atoms with Gasteiger partial charge in [0, 0.05) is 0 Å². The molecule has 1 heterocycles. The van der Waals surface area contributed by atoms with Gasteiger partial charge in [-0.3, -0.25) is 4.79 Å². The Balaban J connectivity index is 2.30. The molecule has 0 radical (unpaired) electrons. The molecule has 1 fully saturated rings. The highest BCUT2D eigenvalue weighted by molar-refractivity contribution is 9.10. The van der Waals surface area contributed by atoms with Crippen molar-refractivity contribution < 1.29 is 9.90 Å². The molecule has 74 valence electrons. The first-order chi connectivity index (χ1) is 6.68. The van der Waals surface area contributed by atoms with Crippen LogP contribution in [0.2, 0.25) is 0 Å². The lowest BCUT2D eigenvalue weighted by Crippen LogP contribution is -2.15. The van der Waals surface area contributed by atoms with Gasteiger partial charge < -0.3 is 5.11 Å². The summed E-state index contributed by atoms with van der Waals surface area (Å²) >= 11 is 3.25. The van der Waals surface area contributed by atoms with Crippen molar-refractivity contribution in [2.75, 3.05) is 0 Å². The largest absolute Gasteiger partial charge is 0.481 e. The molecule has 0 bridgehead atoms. The molecule has 1 atom stereocenters. The summed E-state index contributed by atoms with van der Waals surface area (Å²) in [5, 5.41) is 9.07. The lowest BCUT2D eigenvalue weighted by Gasteiger charge is -2.10. The molecular formula is C10H10BrNO2. The van der Waals surface area contributed by atoms with Crippen LogP contribution in [0.3, 0.4) is 0 Å². The van der Waals surface area contributed by atoms with Crippen molar-refractivity contribution >= 4 is 21.9 Å². The van der Waals surface area contributed by atoms with E-state index < -0.39 is 11.9 Å². The Bertz CT molecular complexity index is 363. The topological polar surface area (TPSA) is 50.2 Å². The first-order valence-electron chi connectivity index (χ1n) is 4.54. The molecule has 1 unspecified atom stereocenters. The Hall–Kier alpha value is -0.900. The minimum Gasteiger partial charge on any atom is -0.481 e. The van der Waals surface area contributed by atoms with Gasteiger partial charge in [0.05, 0.1) is 5.69 Å². The fourth-order valence-corrected chi connectivity index (χ4v) is 1.95. The zero-order chi connectivity index (χ0) is 10.1. The summed E-state index contributed by atoms with van der Waals surface area (Å²) in [5.74, 6) is -0.903. The number of pyridine rings is 1. The molecule has 4 heteroatoms. The summed E-state index contributed by atoms with van der Waals surface area (Å²) in [7, 11) is 0. The van der Waals surface area contributed by atoms with E-state index in [9.17, 15) is 4.79 Å². The van der Waals surface area contributed by atoms with Gasteiger partial charge in [0.15, 0.2) is 0 Å². The quantitative estimate of drug-likeness (QED) is 0.845. The minimum absolute atomic E-state index is 0.286. The summed E-state index contributed by atoms with van der Waals surface area (Å²) in [5.41, 5.74) is 0.661. The number of hydrogen-bond donors (Lipinski definition) is 1. The fraction of sp³-hybridized carbons (Fsp3) is 0.400. The van der Waals surface area contributed by atoms with Crippen LogP contribution in [0.4, 0.5) is 0 Å². The maximum Gasteiger partial charge on any atom is 0.312 e. The number of nitrogens with zero attached hydrogens (tertiary/aromatic N) is 1. The molecule has 1 aromatic heterocycles. The van der Waals surface area contributed by atoms with Crippen LogP contribution in [0.1, 0.15) is 24.5 Å². The number of halogens is 1. The van der Waals surface area contributed by atoms with E-state index in [1.54, 1.807) is 12.1 Å². The van der Waals surface area contributed by atoms with Crippen molar-refractivity contribution in [1.82, 2.24) is 4.98 Å². The van der Waals surface area contributed by atoms with Crippen molar-refractivity contribution in [2.24, 2.45) is 5.92 Å². The van der Waals surface area contributed by atoms with Crippen LogP contribution in [-0.2, 0) is 4.79 Å². The summed E-state index contributed by atoms with van der Waals surface area (Å²) < 4.78 is 0.696. The molecule has 1 aliphatic rings. The van der Waals surface area contributed by atoms with Gasteiger partial charge in [0.25, 0.3) is 0 Å². The lowest BCUT2D eigenvalue weighted by atomic mass is 9.99. The average Bonchev–Trinajstić information content (AvgIpc) is 2.88. The van der Waals surface area contributed by atoms with Gasteiger partial charge >= 0.3 is 5.97 Å². The molecule has 1 N–H and O–H groups in total. The fourth-order valence-electron chi connectivity index (χ4n) is 1.60. The van der Waals surface area contributed by atoms with Crippen LogP contribution in [-0.4, -0.2) is 16.1 Å². The Kier molecular flexibility index (Phi) is 2.54. The molecule has 2 rings (SSSR count). The standard InChI is InChI=1S/C10H10BrNO2/c11-8-3-1-2-7(12-8)9(10(13)14)6-4-5-6/h1-3,6,9H,4-5H2,(H,13,14). The van der Waals surface area contributed by atoms with Crippen LogP contribution in [0.15, 0.2) is 22.8 Å². The van der Waals surface area contributed by atoms with Crippen LogP contribution >= 0.6 is 15.9 Å². The molecule has 0 spiro atoms. The van der Waals surface area contributed by atoms with Crippen molar-refractivity contribution in [3.63, 3.8) is 0 Å². The first-order valence-corrected chi connectivity index (χ1v) is 5.33. The van der Waals surface area contributed by atoms with E-state index in [1.165, 1.54) is 0 Å². The molecule has 1 saturated carbocycles. The number of aromatic nitrogens is 1. The van der Waals surface area contributed by atoms with Gasteiger partial charge in [0.1, 0.15) is 10.5 Å². The van der Waals surface area contributed by atoms with E-state index in [0.717, 1.165) is 12.8 Å². The Morgan fingerprint density at radius 3 is 2.79 bits per heavy atom. The monoisotopic (exact) mass is 255 g/mol. The minimum atomic E-state index is -0.766. The van der Waals surface area contributed by atoms with Crippen molar-refractivity contribution in [1.29, 1.82) is 0 Å².